The molecule has 1 aromatic heterocycles. The van der Waals surface area contributed by atoms with Crippen molar-refractivity contribution in [2.24, 2.45) is 0 Å². The van der Waals surface area contributed by atoms with Crippen LogP contribution in [-0.4, -0.2) is 27.9 Å². The van der Waals surface area contributed by atoms with E-state index in [-0.39, 0.29) is 11.4 Å². The van der Waals surface area contributed by atoms with Gasteiger partial charge in [-0.25, -0.2) is 4.79 Å². The Morgan fingerprint density at radius 2 is 1.97 bits per heavy atom. The minimum Gasteiger partial charge on any atom is -0.449 e. The number of carbonyl (C=O) groups excluding carboxylic acids is 2. The molecule has 1 amide bonds. The van der Waals surface area contributed by atoms with Crippen molar-refractivity contribution in [2.75, 3.05) is 5.32 Å². The van der Waals surface area contributed by atoms with Gasteiger partial charge in [0.05, 0.1) is 10.5 Å². The van der Waals surface area contributed by atoms with Crippen LogP contribution in [0.2, 0.25) is 0 Å². The standard InChI is InChI=1S/C22H21N3O5/c1-13(21(26)23-15-5-4-6-16(12-15)25(28)29)30-22(27)14-9-10-20-18(11-14)17-7-2-3-8-19(17)24-20/h4-6,9-13,24H,2-3,7-8H2,1H3,(H,23,26). The van der Waals surface area contributed by atoms with Gasteiger partial charge < -0.3 is 15.0 Å². The summed E-state index contributed by atoms with van der Waals surface area (Å²) in [5.74, 6) is -1.16. The number of aromatic nitrogens is 1. The Labute approximate surface area is 172 Å². The third kappa shape index (κ3) is 3.89. The number of amides is 1. The number of nitrogens with zero attached hydrogens (tertiary/aromatic N) is 1. The highest BCUT2D eigenvalue weighted by atomic mass is 16.6. The third-order valence-electron chi connectivity index (χ3n) is 5.31. The van der Waals surface area contributed by atoms with E-state index in [1.807, 2.05) is 12.1 Å². The summed E-state index contributed by atoms with van der Waals surface area (Å²) in [6, 6.07) is 10.9. The molecule has 1 unspecified atom stereocenters. The normalized spacial score (nSPS) is 14.0. The molecule has 1 atom stereocenters. The second-order valence-electron chi connectivity index (χ2n) is 7.39. The molecule has 1 aliphatic carbocycles. The molecule has 0 fully saturated rings. The highest BCUT2D eigenvalue weighted by Crippen LogP contribution is 2.30. The minimum atomic E-state index is -1.06. The molecule has 3 aromatic rings. The first-order valence-corrected chi connectivity index (χ1v) is 9.82. The number of ether oxygens (including phenoxy) is 1. The fourth-order valence-electron chi connectivity index (χ4n) is 3.76. The average Bonchev–Trinajstić information content (AvgIpc) is 3.11. The molecule has 0 bridgehead atoms. The average molecular weight is 407 g/mol. The van der Waals surface area contributed by atoms with Crippen molar-refractivity contribution in [3.8, 4) is 0 Å². The molecule has 154 valence electrons. The van der Waals surface area contributed by atoms with Crippen molar-refractivity contribution >= 4 is 34.2 Å². The summed E-state index contributed by atoms with van der Waals surface area (Å²) >= 11 is 0. The van der Waals surface area contributed by atoms with Crippen molar-refractivity contribution in [1.82, 2.24) is 4.98 Å². The number of nitrogens with one attached hydrogen (secondary N) is 2. The summed E-state index contributed by atoms with van der Waals surface area (Å²) in [5, 5.41) is 14.4. The van der Waals surface area contributed by atoms with E-state index in [0.717, 1.165) is 36.6 Å². The molecular formula is C22H21N3O5. The van der Waals surface area contributed by atoms with Gasteiger partial charge in [0.15, 0.2) is 6.10 Å². The number of nitro benzene ring substituents is 1. The lowest BCUT2D eigenvalue weighted by Crippen LogP contribution is -2.30. The molecule has 0 saturated heterocycles. The van der Waals surface area contributed by atoms with Crippen molar-refractivity contribution in [3.05, 3.63) is 69.4 Å². The first-order valence-electron chi connectivity index (χ1n) is 9.82. The van der Waals surface area contributed by atoms with Crippen LogP contribution in [0.15, 0.2) is 42.5 Å². The molecule has 1 heterocycles. The topological polar surface area (TPSA) is 114 Å². The van der Waals surface area contributed by atoms with E-state index in [1.54, 1.807) is 6.07 Å². The third-order valence-corrected chi connectivity index (χ3v) is 5.31. The van der Waals surface area contributed by atoms with Gasteiger partial charge in [-0.05, 0) is 62.4 Å². The predicted molar refractivity (Wildman–Crippen MR) is 112 cm³/mol. The number of hydrogen-bond acceptors (Lipinski definition) is 5. The van der Waals surface area contributed by atoms with E-state index >= 15 is 0 Å². The Kier molecular flexibility index (Phi) is 5.22. The van der Waals surface area contributed by atoms with Gasteiger partial charge in [0.1, 0.15) is 0 Å². The van der Waals surface area contributed by atoms with Crippen LogP contribution >= 0.6 is 0 Å². The van der Waals surface area contributed by atoms with E-state index in [0.29, 0.717) is 5.56 Å². The van der Waals surface area contributed by atoms with Gasteiger partial charge in [0, 0.05) is 34.4 Å². The summed E-state index contributed by atoms with van der Waals surface area (Å²) in [4.78, 5) is 38.7. The fraction of sp³-hybridized carbons (Fsp3) is 0.273. The lowest BCUT2D eigenvalue weighted by atomic mass is 9.95. The molecule has 8 heteroatoms. The number of fused-ring (bicyclic) bond motifs is 3. The number of hydrogen-bond donors (Lipinski definition) is 2. The number of aromatic amines is 1. The van der Waals surface area contributed by atoms with Crippen LogP contribution in [0.1, 0.15) is 41.4 Å². The van der Waals surface area contributed by atoms with Crippen LogP contribution < -0.4 is 5.32 Å². The lowest BCUT2D eigenvalue weighted by Gasteiger charge is -2.14. The van der Waals surface area contributed by atoms with Gasteiger partial charge in [-0.2, -0.15) is 0 Å². The van der Waals surface area contributed by atoms with Gasteiger partial charge >= 0.3 is 5.97 Å². The number of aryl methyl sites for hydroxylation is 2. The SMILES string of the molecule is CC(OC(=O)c1ccc2[nH]c3c(c2c1)CCCC3)C(=O)Nc1cccc([N+](=O)[O-])c1. The van der Waals surface area contributed by atoms with Crippen LogP contribution in [0, 0.1) is 10.1 Å². The number of nitro groups is 1. The Morgan fingerprint density at radius 3 is 2.77 bits per heavy atom. The van der Waals surface area contributed by atoms with E-state index in [1.165, 1.54) is 42.4 Å². The lowest BCUT2D eigenvalue weighted by molar-refractivity contribution is -0.384. The molecule has 1 aliphatic rings. The smallest absolute Gasteiger partial charge is 0.338 e. The predicted octanol–water partition coefficient (Wildman–Crippen LogP) is 4.14. The van der Waals surface area contributed by atoms with Crippen LogP contribution in [0.4, 0.5) is 11.4 Å². The summed E-state index contributed by atoms with van der Waals surface area (Å²) < 4.78 is 5.32. The molecule has 0 aliphatic heterocycles. The molecule has 8 nitrogen and oxygen atoms in total. The van der Waals surface area contributed by atoms with Crippen molar-refractivity contribution in [1.29, 1.82) is 0 Å². The van der Waals surface area contributed by atoms with E-state index in [4.69, 9.17) is 4.74 Å². The first-order chi connectivity index (χ1) is 14.4. The number of H-pyrrole nitrogens is 1. The largest absolute Gasteiger partial charge is 0.449 e. The van der Waals surface area contributed by atoms with Gasteiger partial charge in [0.25, 0.3) is 11.6 Å². The molecule has 30 heavy (non-hydrogen) atoms. The second kappa shape index (κ2) is 7.98. The molecule has 0 saturated carbocycles. The van der Waals surface area contributed by atoms with Crippen molar-refractivity contribution in [2.45, 2.75) is 38.7 Å². The molecule has 0 radical (unpaired) electrons. The van der Waals surface area contributed by atoms with Crippen LogP contribution in [0.5, 0.6) is 0 Å². The zero-order valence-corrected chi connectivity index (χ0v) is 16.4. The summed E-state index contributed by atoms with van der Waals surface area (Å²) in [5.41, 5.74) is 3.98. The molecule has 2 N–H and O–H groups in total. The zero-order valence-electron chi connectivity index (χ0n) is 16.4. The van der Waals surface area contributed by atoms with Gasteiger partial charge in [-0.1, -0.05) is 6.07 Å². The number of carbonyl (C=O) groups is 2. The number of non-ortho nitro benzene ring substituents is 1. The molecule has 2 aromatic carbocycles. The second-order valence-corrected chi connectivity index (χ2v) is 7.39. The zero-order chi connectivity index (χ0) is 21.3. The minimum absolute atomic E-state index is 0.138. The Balaban J connectivity index is 1.46. The first kappa shape index (κ1) is 19.6. The van der Waals surface area contributed by atoms with Gasteiger partial charge in [0.2, 0.25) is 0 Å². The van der Waals surface area contributed by atoms with Crippen molar-refractivity contribution < 1.29 is 19.2 Å². The summed E-state index contributed by atoms with van der Waals surface area (Å²) in [6.45, 7) is 1.46. The quantitative estimate of drug-likeness (QED) is 0.375. The van der Waals surface area contributed by atoms with E-state index < -0.39 is 22.9 Å². The Hall–Kier alpha value is -3.68. The number of rotatable bonds is 5. The number of benzene rings is 2. The van der Waals surface area contributed by atoms with Crippen LogP contribution in [0.25, 0.3) is 10.9 Å². The summed E-state index contributed by atoms with van der Waals surface area (Å²) in [7, 11) is 0. The van der Waals surface area contributed by atoms with E-state index in [9.17, 15) is 19.7 Å². The van der Waals surface area contributed by atoms with E-state index in [2.05, 4.69) is 10.3 Å². The van der Waals surface area contributed by atoms with Crippen LogP contribution in [-0.2, 0) is 22.4 Å². The van der Waals surface area contributed by atoms with Gasteiger partial charge in [-0.3, -0.25) is 14.9 Å². The van der Waals surface area contributed by atoms with Gasteiger partial charge in [-0.15, -0.1) is 0 Å². The van der Waals surface area contributed by atoms with Crippen molar-refractivity contribution in [3.63, 3.8) is 0 Å². The Bertz CT molecular complexity index is 1150. The maximum Gasteiger partial charge on any atom is 0.338 e. The fourth-order valence-corrected chi connectivity index (χ4v) is 3.76. The maximum atomic E-state index is 12.6. The monoisotopic (exact) mass is 407 g/mol. The number of esters is 1. The Morgan fingerprint density at radius 1 is 1.17 bits per heavy atom. The highest BCUT2D eigenvalue weighted by molar-refractivity contribution is 5.99. The molecule has 0 spiro atoms. The molecule has 4 rings (SSSR count). The number of anilines is 1. The maximum absolute atomic E-state index is 12.6. The van der Waals surface area contributed by atoms with Crippen LogP contribution in [0.3, 0.4) is 0 Å². The molecular weight excluding hydrogens is 386 g/mol. The summed E-state index contributed by atoms with van der Waals surface area (Å²) in [6.07, 6.45) is 3.22. The highest BCUT2D eigenvalue weighted by Gasteiger charge is 2.21.